The van der Waals surface area contributed by atoms with Crippen molar-refractivity contribution >= 4 is 0 Å². The van der Waals surface area contributed by atoms with Crippen LogP contribution in [0.4, 0.5) is 0 Å². The number of hydrogen-bond donors (Lipinski definition) is 2. The summed E-state index contributed by atoms with van der Waals surface area (Å²) in [5.41, 5.74) is 3.83. The van der Waals surface area contributed by atoms with Crippen LogP contribution in [0.5, 0.6) is 11.5 Å². The fraction of sp³-hybridized carbons (Fsp3) is 0.625. The fourth-order valence-electron chi connectivity index (χ4n) is 2.95. The molecule has 3 N–H and O–H groups in total. The number of rotatable bonds is 8. The molecular formula is C16H29N3O2. The van der Waals surface area contributed by atoms with Crippen LogP contribution in [0.1, 0.15) is 39.3 Å². The average Bonchev–Trinajstić information content (AvgIpc) is 2.48. The minimum Gasteiger partial charge on any atom is -0.497 e. The number of nitrogens with one attached hydrogen (secondary N) is 1. The average molecular weight is 295 g/mol. The molecule has 1 aromatic rings. The van der Waals surface area contributed by atoms with Crippen LogP contribution in [0.25, 0.3) is 0 Å². The van der Waals surface area contributed by atoms with Crippen molar-refractivity contribution in [2.24, 2.45) is 5.84 Å². The molecule has 21 heavy (non-hydrogen) atoms. The Kier molecular flexibility index (Phi) is 6.45. The van der Waals surface area contributed by atoms with E-state index in [0.29, 0.717) is 0 Å². The molecule has 5 heteroatoms. The molecule has 0 saturated heterocycles. The van der Waals surface area contributed by atoms with Gasteiger partial charge in [0.2, 0.25) is 0 Å². The Labute approximate surface area is 128 Å². The number of hydrogen-bond acceptors (Lipinski definition) is 5. The molecule has 0 spiro atoms. The van der Waals surface area contributed by atoms with Crippen LogP contribution >= 0.6 is 0 Å². The number of hydrazine groups is 1. The van der Waals surface area contributed by atoms with E-state index in [-0.39, 0.29) is 11.6 Å². The Balaban J connectivity index is 3.26. The smallest absolute Gasteiger partial charge is 0.127 e. The summed E-state index contributed by atoms with van der Waals surface area (Å²) in [5.74, 6) is 7.41. The summed E-state index contributed by atoms with van der Waals surface area (Å²) in [6, 6.07) is 5.77. The lowest BCUT2D eigenvalue weighted by atomic mass is 9.86. The summed E-state index contributed by atoms with van der Waals surface area (Å²) in [6.07, 6.45) is 0. The second-order valence-corrected chi connectivity index (χ2v) is 5.53. The van der Waals surface area contributed by atoms with Gasteiger partial charge in [-0.1, -0.05) is 13.8 Å². The third-order valence-corrected chi connectivity index (χ3v) is 4.20. The third kappa shape index (κ3) is 3.67. The lowest BCUT2D eigenvalue weighted by Gasteiger charge is -2.43. The first kappa shape index (κ1) is 17.8. The molecule has 1 aromatic carbocycles. The van der Waals surface area contributed by atoms with Gasteiger partial charge < -0.3 is 9.47 Å². The highest BCUT2D eigenvalue weighted by Crippen LogP contribution is 2.37. The highest BCUT2D eigenvalue weighted by molar-refractivity contribution is 5.43. The molecule has 0 radical (unpaired) electrons. The van der Waals surface area contributed by atoms with Crippen LogP contribution in [-0.4, -0.2) is 37.7 Å². The van der Waals surface area contributed by atoms with Crippen molar-refractivity contribution in [2.75, 3.05) is 27.3 Å². The van der Waals surface area contributed by atoms with Gasteiger partial charge >= 0.3 is 0 Å². The molecule has 120 valence electrons. The van der Waals surface area contributed by atoms with E-state index in [9.17, 15) is 0 Å². The van der Waals surface area contributed by atoms with E-state index in [0.717, 1.165) is 30.2 Å². The highest BCUT2D eigenvalue weighted by Gasteiger charge is 2.36. The maximum absolute atomic E-state index is 5.87. The van der Waals surface area contributed by atoms with Crippen molar-refractivity contribution in [3.05, 3.63) is 23.8 Å². The first-order valence-electron chi connectivity index (χ1n) is 7.39. The molecule has 1 atom stereocenters. The zero-order valence-corrected chi connectivity index (χ0v) is 14.1. The normalized spacial score (nSPS) is 13.3. The van der Waals surface area contributed by atoms with Crippen molar-refractivity contribution in [3.8, 4) is 11.5 Å². The van der Waals surface area contributed by atoms with Crippen molar-refractivity contribution in [1.29, 1.82) is 0 Å². The van der Waals surface area contributed by atoms with Gasteiger partial charge in [0, 0.05) is 17.2 Å². The van der Waals surface area contributed by atoms with E-state index in [4.69, 9.17) is 15.3 Å². The Morgan fingerprint density at radius 2 is 1.81 bits per heavy atom. The summed E-state index contributed by atoms with van der Waals surface area (Å²) in [4.78, 5) is 2.38. The van der Waals surface area contributed by atoms with Gasteiger partial charge in [-0.25, -0.2) is 0 Å². The molecule has 0 bridgehead atoms. The molecule has 1 unspecified atom stereocenters. The summed E-state index contributed by atoms with van der Waals surface area (Å²) in [6.45, 7) is 10.6. The highest BCUT2D eigenvalue weighted by atomic mass is 16.5. The maximum Gasteiger partial charge on any atom is 0.127 e. The molecular weight excluding hydrogens is 266 g/mol. The molecule has 0 saturated carbocycles. The quantitative estimate of drug-likeness (QED) is 0.569. The summed E-state index contributed by atoms with van der Waals surface area (Å²) < 4.78 is 10.8. The predicted octanol–water partition coefficient (Wildman–Crippen LogP) is 2.33. The van der Waals surface area contributed by atoms with Gasteiger partial charge in [0.15, 0.2) is 0 Å². The summed E-state index contributed by atoms with van der Waals surface area (Å²) >= 11 is 0. The van der Waals surface area contributed by atoms with Crippen molar-refractivity contribution in [2.45, 2.75) is 39.3 Å². The standard InChI is InChI=1S/C16H29N3O2/c1-7-19(8-2)16(3,4)15(18-17)13-10-9-12(20-5)11-14(13)21-6/h9-11,15,18H,7-8,17H2,1-6H3. The second kappa shape index (κ2) is 7.64. The van der Waals surface area contributed by atoms with Crippen LogP contribution in [0.15, 0.2) is 18.2 Å². The Hall–Kier alpha value is -1.30. The van der Waals surface area contributed by atoms with Gasteiger partial charge in [-0.15, -0.1) is 0 Å². The topological polar surface area (TPSA) is 59.8 Å². The van der Waals surface area contributed by atoms with Crippen LogP contribution in [0.2, 0.25) is 0 Å². The predicted molar refractivity (Wildman–Crippen MR) is 86.6 cm³/mol. The molecule has 0 aliphatic rings. The molecule has 0 heterocycles. The minimum atomic E-state index is -0.153. The van der Waals surface area contributed by atoms with Gasteiger partial charge in [0.25, 0.3) is 0 Å². The number of likely N-dealkylation sites (N-methyl/N-ethyl adjacent to an activating group) is 1. The zero-order valence-electron chi connectivity index (χ0n) is 14.1. The molecule has 5 nitrogen and oxygen atoms in total. The van der Waals surface area contributed by atoms with Gasteiger partial charge in [-0.2, -0.15) is 0 Å². The lowest BCUT2D eigenvalue weighted by Crippen LogP contribution is -2.54. The van der Waals surface area contributed by atoms with Crippen LogP contribution in [0.3, 0.4) is 0 Å². The van der Waals surface area contributed by atoms with Crippen LogP contribution < -0.4 is 20.7 Å². The SMILES string of the molecule is CCN(CC)C(C)(C)C(NN)c1ccc(OC)cc1OC. The molecule has 0 aliphatic carbocycles. The van der Waals surface area contributed by atoms with Crippen LogP contribution in [-0.2, 0) is 0 Å². The first-order chi connectivity index (χ1) is 9.95. The van der Waals surface area contributed by atoms with Gasteiger partial charge in [-0.05, 0) is 39.1 Å². The first-order valence-corrected chi connectivity index (χ1v) is 7.39. The Bertz CT molecular complexity index is 445. The number of benzene rings is 1. The van der Waals surface area contributed by atoms with Crippen molar-refractivity contribution < 1.29 is 9.47 Å². The van der Waals surface area contributed by atoms with Gasteiger partial charge in [0.1, 0.15) is 11.5 Å². The second-order valence-electron chi connectivity index (χ2n) is 5.53. The fourth-order valence-corrected chi connectivity index (χ4v) is 2.95. The van der Waals surface area contributed by atoms with E-state index >= 15 is 0 Å². The third-order valence-electron chi connectivity index (χ3n) is 4.20. The van der Waals surface area contributed by atoms with E-state index in [1.807, 2.05) is 18.2 Å². The Morgan fingerprint density at radius 3 is 2.24 bits per heavy atom. The maximum atomic E-state index is 5.87. The number of methoxy groups -OCH3 is 2. The van der Waals surface area contributed by atoms with Crippen molar-refractivity contribution in [1.82, 2.24) is 10.3 Å². The summed E-state index contributed by atoms with van der Waals surface area (Å²) in [7, 11) is 3.31. The number of nitrogens with two attached hydrogens (primary N) is 1. The molecule has 0 aliphatic heterocycles. The lowest BCUT2D eigenvalue weighted by molar-refractivity contribution is 0.0901. The van der Waals surface area contributed by atoms with Crippen LogP contribution in [0, 0.1) is 0 Å². The van der Waals surface area contributed by atoms with Gasteiger partial charge in [0.05, 0.1) is 20.3 Å². The molecule has 1 rings (SSSR count). The minimum absolute atomic E-state index is 0.0572. The van der Waals surface area contributed by atoms with E-state index < -0.39 is 0 Å². The monoisotopic (exact) mass is 295 g/mol. The molecule has 0 fully saturated rings. The molecule has 0 amide bonds. The van der Waals surface area contributed by atoms with E-state index in [2.05, 4.69) is 38.0 Å². The van der Waals surface area contributed by atoms with Crippen molar-refractivity contribution in [3.63, 3.8) is 0 Å². The summed E-state index contributed by atoms with van der Waals surface area (Å²) in [5, 5.41) is 0. The number of ether oxygens (including phenoxy) is 2. The molecule has 0 aromatic heterocycles. The largest absolute Gasteiger partial charge is 0.497 e. The van der Waals surface area contributed by atoms with E-state index in [1.54, 1.807) is 14.2 Å². The van der Waals surface area contributed by atoms with Gasteiger partial charge in [-0.3, -0.25) is 16.2 Å². The Morgan fingerprint density at radius 1 is 1.19 bits per heavy atom. The van der Waals surface area contributed by atoms with E-state index in [1.165, 1.54) is 0 Å². The zero-order chi connectivity index (χ0) is 16.0. The number of nitrogens with zero attached hydrogens (tertiary/aromatic N) is 1.